The molecular formula is C11H20N2OS. The quantitative estimate of drug-likeness (QED) is 0.780. The molecule has 86 valence electrons. The third kappa shape index (κ3) is 3.38. The molecule has 0 saturated heterocycles. The molecule has 1 fully saturated rings. The van der Waals surface area contributed by atoms with E-state index in [0.717, 1.165) is 35.9 Å². The second-order valence-electron chi connectivity index (χ2n) is 4.47. The number of thioether (sulfide) groups is 1. The Balaban J connectivity index is 1.66. The van der Waals surface area contributed by atoms with E-state index in [1.165, 1.54) is 12.8 Å². The molecule has 0 aromatic carbocycles. The fraction of sp³-hybridized carbons (Fsp3) is 0.909. The average Bonchev–Trinajstić information content (AvgIpc) is 2.98. The molecule has 2 atom stereocenters. The van der Waals surface area contributed by atoms with Crippen LogP contribution in [0.4, 0.5) is 0 Å². The molecule has 0 spiro atoms. The molecule has 0 aromatic rings. The molecule has 0 bridgehead atoms. The first-order valence-electron chi connectivity index (χ1n) is 5.76. The molecule has 4 heteroatoms. The van der Waals surface area contributed by atoms with Gasteiger partial charge in [0.1, 0.15) is 0 Å². The van der Waals surface area contributed by atoms with Gasteiger partial charge in [-0.3, -0.25) is 4.99 Å². The maximum absolute atomic E-state index is 5.06. The van der Waals surface area contributed by atoms with Gasteiger partial charge in [0.05, 0.1) is 6.54 Å². The topological polar surface area (TPSA) is 33.6 Å². The fourth-order valence-electron chi connectivity index (χ4n) is 1.76. The summed E-state index contributed by atoms with van der Waals surface area (Å²) < 4.78 is 5.06. The van der Waals surface area contributed by atoms with E-state index in [0.29, 0.717) is 6.04 Å². The molecule has 0 amide bonds. The van der Waals surface area contributed by atoms with E-state index in [4.69, 9.17) is 4.74 Å². The smallest absolute Gasteiger partial charge is 0.157 e. The molecule has 15 heavy (non-hydrogen) atoms. The highest BCUT2D eigenvalue weighted by molar-refractivity contribution is 8.14. The summed E-state index contributed by atoms with van der Waals surface area (Å²) in [5.74, 6) is 0.951. The zero-order chi connectivity index (χ0) is 10.7. The van der Waals surface area contributed by atoms with Crippen molar-refractivity contribution in [3.63, 3.8) is 0 Å². The minimum absolute atomic E-state index is 0.467. The van der Waals surface area contributed by atoms with Crippen molar-refractivity contribution in [1.29, 1.82) is 0 Å². The summed E-state index contributed by atoms with van der Waals surface area (Å²) in [7, 11) is 1.75. The first-order valence-corrected chi connectivity index (χ1v) is 6.64. The Morgan fingerprint density at radius 1 is 1.60 bits per heavy atom. The summed E-state index contributed by atoms with van der Waals surface area (Å²) in [4.78, 5) is 4.55. The van der Waals surface area contributed by atoms with Gasteiger partial charge in [-0.2, -0.15) is 0 Å². The Morgan fingerprint density at radius 2 is 2.40 bits per heavy atom. The number of methoxy groups -OCH3 is 1. The van der Waals surface area contributed by atoms with Crippen LogP contribution in [0.15, 0.2) is 4.99 Å². The summed E-state index contributed by atoms with van der Waals surface area (Å²) in [5, 5.41) is 5.37. The second-order valence-corrected chi connectivity index (χ2v) is 5.69. The van der Waals surface area contributed by atoms with Crippen LogP contribution in [-0.4, -0.2) is 36.7 Å². The number of rotatable bonds is 5. The third-order valence-electron chi connectivity index (χ3n) is 2.95. The van der Waals surface area contributed by atoms with Crippen molar-refractivity contribution < 1.29 is 4.74 Å². The molecule has 1 saturated carbocycles. The maximum atomic E-state index is 5.06. The van der Waals surface area contributed by atoms with Gasteiger partial charge in [0.25, 0.3) is 0 Å². The van der Waals surface area contributed by atoms with Gasteiger partial charge in [-0.05, 0) is 32.1 Å². The average molecular weight is 228 g/mol. The first kappa shape index (κ1) is 11.3. The lowest BCUT2D eigenvalue weighted by atomic mass is 10.2. The SMILES string of the molecule is COCCC(C)NC1=NCC(C2CC2)S1. The van der Waals surface area contributed by atoms with Crippen LogP contribution >= 0.6 is 11.8 Å². The molecule has 2 unspecified atom stereocenters. The van der Waals surface area contributed by atoms with Gasteiger partial charge in [0.15, 0.2) is 5.17 Å². The van der Waals surface area contributed by atoms with Gasteiger partial charge >= 0.3 is 0 Å². The lowest BCUT2D eigenvalue weighted by Gasteiger charge is -2.14. The number of hydrogen-bond acceptors (Lipinski definition) is 4. The van der Waals surface area contributed by atoms with Crippen molar-refractivity contribution in [2.24, 2.45) is 10.9 Å². The van der Waals surface area contributed by atoms with Gasteiger partial charge in [-0.1, -0.05) is 11.8 Å². The molecule has 0 radical (unpaired) electrons. The monoisotopic (exact) mass is 228 g/mol. The van der Waals surface area contributed by atoms with Crippen molar-refractivity contribution >= 4 is 16.9 Å². The summed E-state index contributed by atoms with van der Waals surface area (Å²) in [6.07, 6.45) is 3.88. The molecule has 2 rings (SSSR count). The number of hydrogen-bond donors (Lipinski definition) is 1. The summed E-state index contributed by atoms with van der Waals surface area (Å²) in [6.45, 7) is 4.03. The highest BCUT2D eigenvalue weighted by atomic mass is 32.2. The van der Waals surface area contributed by atoms with E-state index in [-0.39, 0.29) is 0 Å². The second kappa shape index (κ2) is 5.21. The van der Waals surface area contributed by atoms with E-state index in [9.17, 15) is 0 Å². The maximum Gasteiger partial charge on any atom is 0.157 e. The van der Waals surface area contributed by atoms with Crippen LogP contribution in [0.25, 0.3) is 0 Å². The zero-order valence-electron chi connectivity index (χ0n) is 9.53. The zero-order valence-corrected chi connectivity index (χ0v) is 10.3. The molecule has 3 nitrogen and oxygen atoms in total. The van der Waals surface area contributed by atoms with Gasteiger partial charge in [-0.25, -0.2) is 0 Å². The van der Waals surface area contributed by atoms with Crippen LogP contribution in [-0.2, 0) is 4.74 Å². The van der Waals surface area contributed by atoms with Crippen LogP contribution in [0.5, 0.6) is 0 Å². The van der Waals surface area contributed by atoms with Crippen LogP contribution in [0.1, 0.15) is 26.2 Å². The van der Waals surface area contributed by atoms with E-state index < -0.39 is 0 Å². The van der Waals surface area contributed by atoms with Crippen LogP contribution < -0.4 is 5.32 Å². The van der Waals surface area contributed by atoms with Crippen LogP contribution in [0.3, 0.4) is 0 Å². The van der Waals surface area contributed by atoms with Crippen molar-refractivity contribution in [1.82, 2.24) is 5.32 Å². The molecular weight excluding hydrogens is 208 g/mol. The van der Waals surface area contributed by atoms with Gasteiger partial charge in [0, 0.05) is 25.0 Å². The Labute approximate surface area is 96.1 Å². The number of amidine groups is 1. The number of nitrogens with zero attached hydrogens (tertiary/aromatic N) is 1. The lowest BCUT2D eigenvalue weighted by Crippen LogP contribution is -2.31. The lowest BCUT2D eigenvalue weighted by molar-refractivity contribution is 0.187. The molecule has 1 aliphatic heterocycles. The standard InChI is InChI=1S/C11H20N2OS/c1-8(5-6-14-2)13-11-12-7-10(15-11)9-3-4-9/h8-10H,3-7H2,1-2H3,(H,12,13). The van der Waals surface area contributed by atoms with Crippen LogP contribution in [0, 0.1) is 5.92 Å². The Morgan fingerprint density at radius 3 is 3.07 bits per heavy atom. The molecule has 1 heterocycles. The highest BCUT2D eigenvalue weighted by Crippen LogP contribution is 2.41. The van der Waals surface area contributed by atoms with Gasteiger partial charge < -0.3 is 10.1 Å². The predicted molar refractivity (Wildman–Crippen MR) is 65.5 cm³/mol. The summed E-state index contributed by atoms with van der Waals surface area (Å²) >= 11 is 1.94. The first-order chi connectivity index (χ1) is 7.29. The van der Waals surface area contributed by atoms with Crippen molar-refractivity contribution in [3.05, 3.63) is 0 Å². The van der Waals surface area contributed by atoms with Crippen molar-refractivity contribution in [2.75, 3.05) is 20.3 Å². The summed E-state index contributed by atoms with van der Waals surface area (Å²) in [5.41, 5.74) is 0. The Bertz CT molecular complexity index is 241. The van der Waals surface area contributed by atoms with E-state index in [1.807, 2.05) is 11.8 Å². The largest absolute Gasteiger partial charge is 0.385 e. The third-order valence-corrected chi connectivity index (χ3v) is 4.26. The summed E-state index contributed by atoms with van der Waals surface area (Å²) in [6, 6.07) is 0.467. The minimum Gasteiger partial charge on any atom is -0.385 e. The minimum atomic E-state index is 0.467. The van der Waals surface area contributed by atoms with E-state index >= 15 is 0 Å². The Kier molecular flexibility index (Phi) is 3.92. The van der Waals surface area contributed by atoms with Crippen molar-refractivity contribution in [2.45, 2.75) is 37.5 Å². The van der Waals surface area contributed by atoms with E-state index in [1.54, 1.807) is 7.11 Å². The fourth-order valence-corrected chi connectivity index (χ4v) is 3.08. The molecule has 0 aromatic heterocycles. The van der Waals surface area contributed by atoms with Crippen molar-refractivity contribution in [3.8, 4) is 0 Å². The Hall–Kier alpha value is -0.220. The molecule has 2 aliphatic rings. The number of nitrogens with one attached hydrogen (secondary N) is 1. The highest BCUT2D eigenvalue weighted by Gasteiger charge is 2.35. The number of aliphatic imine (C=N–C) groups is 1. The molecule has 1 N–H and O–H groups in total. The number of ether oxygens (including phenoxy) is 1. The normalized spacial score (nSPS) is 27.6. The van der Waals surface area contributed by atoms with Gasteiger partial charge in [0.2, 0.25) is 0 Å². The predicted octanol–water partition coefficient (Wildman–Crippen LogP) is 1.88. The van der Waals surface area contributed by atoms with E-state index in [2.05, 4.69) is 17.2 Å². The van der Waals surface area contributed by atoms with Gasteiger partial charge in [-0.15, -0.1) is 0 Å². The van der Waals surface area contributed by atoms with Crippen LogP contribution in [0.2, 0.25) is 0 Å². The molecule has 1 aliphatic carbocycles.